The fourth-order valence-corrected chi connectivity index (χ4v) is 5.37. The van der Waals surface area contributed by atoms with Crippen molar-refractivity contribution in [2.24, 2.45) is 0 Å². The Morgan fingerprint density at radius 3 is 1.74 bits per heavy atom. The van der Waals surface area contributed by atoms with Crippen LogP contribution < -0.4 is 4.90 Å². The molecule has 5 nitrogen and oxygen atoms in total. The van der Waals surface area contributed by atoms with Crippen molar-refractivity contribution in [2.45, 2.75) is 38.3 Å². The molecule has 0 bridgehead atoms. The van der Waals surface area contributed by atoms with Crippen LogP contribution in [-0.4, -0.2) is 53.8 Å². The first-order valence-corrected chi connectivity index (χ1v) is 12.6. The fourth-order valence-electron chi connectivity index (χ4n) is 5.37. The maximum atomic E-state index is 13.3. The standard InChI is InChI=1S/C30H33N3O2/c1-22(2)23-13-15-26(16-14-23)33-28(34)21-27(30(33)35)31-17-19-32(20-18-31)29(24-9-5-3-6-10-24)25-11-7-4-8-12-25/h3-16,22,27,29H,17-21H2,1-2H3/t27-/m0/s1. The zero-order valence-corrected chi connectivity index (χ0v) is 20.5. The predicted octanol–water partition coefficient (Wildman–Crippen LogP) is 4.85. The summed E-state index contributed by atoms with van der Waals surface area (Å²) in [5.74, 6) is 0.211. The Kier molecular flexibility index (Phi) is 6.80. The summed E-state index contributed by atoms with van der Waals surface area (Å²) in [5, 5.41) is 0. The van der Waals surface area contributed by atoms with Gasteiger partial charge in [0.15, 0.2) is 0 Å². The van der Waals surface area contributed by atoms with Crippen LogP contribution in [0.5, 0.6) is 0 Å². The van der Waals surface area contributed by atoms with Gasteiger partial charge < -0.3 is 0 Å². The number of imide groups is 1. The average Bonchev–Trinajstić information content (AvgIpc) is 3.19. The van der Waals surface area contributed by atoms with Crippen LogP contribution >= 0.6 is 0 Å². The van der Waals surface area contributed by atoms with E-state index in [1.807, 2.05) is 36.4 Å². The van der Waals surface area contributed by atoms with Crippen LogP contribution in [0.15, 0.2) is 84.9 Å². The van der Waals surface area contributed by atoms with Crippen molar-refractivity contribution < 1.29 is 9.59 Å². The Labute approximate surface area is 208 Å². The molecule has 3 aromatic carbocycles. The summed E-state index contributed by atoms with van der Waals surface area (Å²) in [6, 6.07) is 28.8. The smallest absolute Gasteiger partial charge is 0.251 e. The SMILES string of the molecule is CC(C)c1ccc(N2C(=O)C[C@H](N3CCN(C(c4ccccc4)c4ccccc4)CC3)C2=O)cc1. The normalized spacial score (nSPS) is 19.8. The molecule has 2 aliphatic rings. The lowest BCUT2D eigenvalue weighted by molar-refractivity contribution is -0.123. The topological polar surface area (TPSA) is 43.9 Å². The zero-order chi connectivity index (χ0) is 24.4. The van der Waals surface area contributed by atoms with Crippen LogP contribution in [0.25, 0.3) is 0 Å². The highest BCUT2D eigenvalue weighted by atomic mass is 16.2. The van der Waals surface area contributed by atoms with Gasteiger partial charge in [0.05, 0.1) is 24.2 Å². The molecule has 2 fully saturated rings. The number of hydrogen-bond acceptors (Lipinski definition) is 4. The molecule has 0 radical (unpaired) electrons. The van der Waals surface area contributed by atoms with Gasteiger partial charge in [-0.25, -0.2) is 4.90 Å². The van der Waals surface area contributed by atoms with Crippen molar-refractivity contribution in [2.75, 3.05) is 31.1 Å². The number of carbonyl (C=O) groups is 2. The molecule has 2 amide bonds. The molecule has 0 saturated carbocycles. The summed E-state index contributed by atoms with van der Waals surface area (Å²) < 4.78 is 0. The summed E-state index contributed by atoms with van der Waals surface area (Å²) in [4.78, 5) is 32.3. The van der Waals surface area contributed by atoms with Gasteiger partial charge in [0.1, 0.15) is 0 Å². The van der Waals surface area contributed by atoms with Gasteiger partial charge in [-0.15, -0.1) is 0 Å². The first kappa shape index (κ1) is 23.5. The van der Waals surface area contributed by atoms with Crippen molar-refractivity contribution in [3.05, 3.63) is 102 Å². The van der Waals surface area contributed by atoms with Crippen LogP contribution in [0.3, 0.4) is 0 Å². The Morgan fingerprint density at radius 1 is 0.686 bits per heavy atom. The fraction of sp³-hybridized carbons (Fsp3) is 0.333. The third kappa shape index (κ3) is 4.79. The lowest BCUT2D eigenvalue weighted by atomic mass is 9.96. The Balaban J connectivity index is 1.29. The number of benzene rings is 3. The van der Waals surface area contributed by atoms with E-state index >= 15 is 0 Å². The number of piperazine rings is 1. The third-order valence-electron chi connectivity index (χ3n) is 7.33. The molecule has 2 heterocycles. The van der Waals surface area contributed by atoms with E-state index in [0.29, 0.717) is 11.6 Å². The van der Waals surface area contributed by atoms with Crippen molar-refractivity contribution in [1.29, 1.82) is 0 Å². The molecule has 2 aliphatic heterocycles. The zero-order valence-electron chi connectivity index (χ0n) is 20.5. The minimum atomic E-state index is -0.374. The minimum Gasteiger partial charge on any atom is -0.290 e. The molecule has 35 heavy (non-hydrogen) atoms. The first-order chi connectivity index (χ1) is 17.0. The van der Waals surface area contributed by atoms with Crippen LogP contribution in [0.1, 0.15) is 48.9 Å². The lowest BCUT2D eigenvalue weighted by Gasteiger charge is -2.41. The molecule has 0 aromatic heterocycles. The highest BCUT2D eigenvalue weighted by molar-refractivity contribution is 6.22. The van der Waals surface area contributed by atoms with E-state index in [2.05, 4.69) is 72.2 Å². The Bertz CT molecular complexity index is 1110. The largest absolute Gasteiger partial charge is 0.290 e. The van der Waals surface area contributed by atoms with Crippen molar-refractivity contribution in [3.63, 3.8) is 0 Å². The maximum absolute atomic E-state index is 13.3. The highest BCUT2D eigenvalue weighted by Crippen LogP contribution is 2.32. The number of carbonyl (C=O) groups excluding carboxylic acids is 2. The van der Waals surface area contributed by atoms with Gasteiger partial charge in [-0.05, 0) is 34.7 Å². The summed E-state index contributed by atoms with van der Waals surface area (Å²) in [6.07, 6.45) is 0.256. The van der Waals surface area contributed by atoms with E-state index < -0.39 is 0 Å². The quantitative estimate of drug-likeness (QED) is 0.486. The second-order valence-corrected chi connectivity index (χ2v) is 9.83. The summed E-state index contributed by atoms with van der Waals surface area (Å²) >= 11 is 0. The molecule has 0 spiro atoms. The molecule has 5 rings (SSSR count). The van der Waals surface area contributed by atoms with Crippen LogP contribution in [0.4, 0.5) is 5.69 Å². The lowest BCUT2D eigenvalue weighted by Crippen LogP contribution is -2.53. The minimum absolute atomic E-state index is 0.0941. The first-order valence-electron chi connectivity index (χ1n) is 12.6. The van der Waals surface area contributed by atoms with Gasteiger partial charge in [0.2, 0.25) is 5.91 Å². The molecule has 2 saturated heterocycles. The molecule has 180 valence electrons. The maximum Gasteiger partial charge on any atom is 0.251 e. The van der Waals surface area contributed by atoms with Gasteiger partial charge in [-0.3, -0.25) is 19.4 Å². The van der Waals surface area contributed by atoms with Gasteiger partial charge in [0, 0.05) is 26.2 Å². The molecular formula is C30H33N3O2. The molecular weight excluding hydrogens is 434 g/mol. The number of amides is 2. The average molecular weight is 468 g/mol. The Morgan fingerprint density at radius 2 is 1.23 bits per heavy atom. The van der Waals surface area contributed by atoms with Crippen LogP contribution in [-0.2, 0) is 9.59 Å². The van der Waals surface area contributed by atoms with E-state index in [9.17, 15) is 9.59 Å². The third-order valence-corrected chi connectivity index (χ3v) is 7.33. The number of hydrogen-bond donors (Lipinski definition) is 0. The van der Waals surface area contributed by atoms with Gasteiger partial charge in [0.25, 0.3) is 5.91 Å². The second-order valence-electron chi connectivity index (χ2n) is 9.83. The van der Waals surface area contributed by atoms with E-state index in [-0.39, 0.29) is 30.3 Å². The molecule has 1 atom stereocenters. The van der Waals surface area contributed by atoms with Crippen LogP contribution in [0.2, 0.25) is 0 Å². The van der Waals surface area contributed by atoms with Gasteiger partial charge in [-0.2, -0.15) is 0 Å². The highest BCUT2D eigenvalue weighted by Gasteiger charge is 2.43. The summed E-state index contributed by atoms with van der Waals surface area (Å²) in [5.41, 5.74) is 4.43. The van der Waals surface area contributed by atoms with Crippen LogP contribution in [0, 0.1) is 0 Å². The molecule has 0 unspecified atom stereocenters. The molecule has 5 heteroatoms. The molecule has 0 N–H and O–H groups in total. The summed E-state index contributed by atoms with van der Waals surface area (Å²) in [7, 11) is 0. The molecule has 3 aromatic rings. The van der Waals surface area contributed by atoms with Crippen molar-refractivity contribution in [3.8, 4) is 0 Å². The monoisotopic (exact) mass is 467 g/mol. The molecule has 0 aliphatic carbocycles. The number of nitrogens with zero attached hydrogens (tertiary/aromatic N) is 3. The number of anilines is 1. The number of rotatable bonds is 6. The van der Waals surface area contributed by atoms with E-state index in [1.54, 1.807) is 0 Å². The van der Waals surface area contributed by atoms with Gasteiger partial charge >= 0.3 is 0 Å². The van der Waals surface area contributed by atoms with Gasteiger partial charge in [-0.1, -0.05) is 86.6 Å². The van der Waals surface area contributed by atoms with E-state index in [4.69, 9.17) is 0 Å². The second kappa shape index (κ2) is 10.1. The Hall–Kier alpha value is -3.28. The van der Waals surface area contributed by atoms with Crippen molar-refractivity contribution >= 4 is 17.5 Å². The predicted molar refractivity (Wildman–Crippen MR) is 139 cm³/mol. The van der Waals surface area contributed by atoms with E-state index in [1.165, 1.54) is 21.6 Å². The summed E-state index contributed by atoms with van der Waals surface area (Å²) in [6.45, 7) is 7.49. The van der Waals surface area contributed by atoms with Crippen molar-refractivity contribution in [1.82, 2.24) is 9.80 Å². The van der Waals surface area contributed by atoms with E-state index in [0.717, 1.165) is 26.2 Å².